The molecule has 0 aliphatic carbocycles. The van der Waals surface area contributed by atoms with E-state index in [9.17, 15) is 4.79 Å². The molecule has 0 unspecified atom stereocenters. The molecule has 4 rings (SSSR count). The van der Waals surface area contributed by atoms with Crippen molar-refractivity contribution in [3.63, 3.8) is 0 Å². The molecule has 2 N–H and O–H groups in total. The summed E-state index contributed by atoms with van der Waals surface area (Å²) in [6, 6.07) is 14.3. The number of aromatic nitrogens is 2. The molecule has 2 heterocycles. The number of carbonyl (C=O) groups excluding carboxylic acids is 1. The lowest BCUT2D eigenvalue weighted by Gasteiger charge is -2.23. The summed E-state index contributed by atoms with van der Waals surface area (Å²) in [5.41, 5.74) is 2.18. The molecule has 1 atom stereocenters. The number of nitrogens with one attached hydrogen (secondary N) is 2. The van der Waals surface area contributed by atoms with Crippen LogP contribution in [0, 0.1) is 5.82 Å². The second kappa shape index (κ2) is 7.53. The molecule has 136 valence electrons. The second-order valence-corrected chi connectivity index (χ2v) is 6.45. The van der Waals surface area contributed by atoms with Gasteiger partial charge in [0.05, 0.1) is 18.1 Å². The molecule has 1 amide bonds. The Morgan fingerprint density at radius 1 is 1.00 bits per heavy atom. The van der Waals surface area contributed by atoms with Gasteiger partial charge in [-0.05, 0) is 24.5 Å². The van der Waals surface area contributed by atoms with E-state index in [2.05, 4.69) is 20.6 Å². The van der Waals surface area contributed by atoms with Crippen molar-refractivity contribution in [3.05, 3.63) is 66.7 Å². The highest BCUT2D eigenvalue weighted by Crippen LogP contribution is 2.29. The summed E-state index contributed by atoms with van der Waals surface area (Å²) in [5, 5.41) is 5.90. The van der Waals surface area contributed by atoms with E-state index in [1.54, 1.807) is 18.2 Å². The van der Waals surface area contributed by atoms with E-state index >= 15 is 4.39 Å². The largest absolute Gasteiger partial charge is 0.357 e. The minimum absolute atomic E-state index is 0.0336. The molecule has 3 aromatic rings. The molecular formula is C21H19FN4O. The normalized spacial score (nSPS) is 16.6. The smallest absolute Gasteiger partial charge is 0.242 e. The SMILES string of the molecule is O=C1NCCC[C@H]1Nc1cnc(-c2cccc(-c3ccccc3)c2F)cn1. The van der Waals surface area contributed by atoms with Crippen molar-refractivity contribution in [2.75, 3.05) is 11.9 Å². The average molecular weight is 362 g/mol. The maximum atomic E-state index is 15.0. The van der Waals surface area contributed by atoms with Crippen LogP contribution in [0.5, 0.6) is 0 Å². The lowest BCUT2D eigenvalue weighted by molar-refractivity contribution is -0.123. The van der Waals surface area contributed by atoms with Crippen LogP contribution >= 0.6 is 0 Å². The molecule has 6 heteroatoms. The van der Waals surface area contributed by atoms with Gasteiger partial charge in [0, 0.05) is 17.7 Å². The van der Waals surface area contributed by atoms with Crippen LogP contribution in [-0.2, 0) is 4.79 Å². The van der Waals surface area contributed by atoms with Gasteiger partial charge in [0.15, 0.2) is 0 Å². The quantitative estimate of drug-likeness (QED) is 0.744. The number of amides is 1. The molecule has 0 spiro atoms. The van der Waals surface area contributed by atoms with Gasteiger partial charge in [-0.15, -0.1) is 0 Å². The minimum Gasteiger partial charge on any atom is -0.357 e. The van der Waals surface area contributed by atoms with Crippen molar-refractivity contribution < 1.29 is 9.18 Å². The number of anilines is 1. The monoisotopic (exact) mass is 362 g/mol. The van der Waals surface area contributed by atoms with Crippen molar-refractivity contribution in [2.45, 2.75) is 18.9 Å². The van der Waals surface area contributed by atoms with E-state index in [4.69, 9.17) is 0 Å². The van der Waals surface area contributed by atoms with Crippen molar-refractivity contribution in [2.24, 2.45) is 0 Å². The third-order valence-electron chi connectivity index (χ3n) is 4.62. The fraction of sp³-hybridized carbons (Fsp3) is 0.190. The first-order valence-electron chi connectivity index (χ1n) is 8.93. The zero-order chi connectivity index (χ0) is 18.6. The van der Waals surface area contributed by atoms with Gasteiger partial charge in [-0.1, -0.05) is 42.5 Å². The van der Waals surface area contributed by atoms with Gasteiger partial charge in [0.1, 0.15) is 17.7 Å². The summed E-state index contributed by atoms with van der Waals surface area (Å²) in [4.78, 5) is 20.5. The Balaban J connectivity index is 1.58. The number of halogens is 1. The fourth-order valence-corrected chi connectivity index (χ4v) is 3.20. The molecule has 2 aromatic carbocycles. The van der Waals surface area contributed by atoms with Gasteiger partial charge in [-0.2, -0.15) is 0 Å². The van der Waals surface area contributed by atoms with Crippen molar-refractivity contribution in [1.29, 1.82) is 0 Å². The van der Waals surface area contributed by atoms with Gasteiger partial charge in [0.25, 0.3) is 0 Å². The molecule has 1 fully saturated rings. The topological polar surface area (TPSA) is 66.9 Å². The summed E-state index contributed by atoms with van der Waals surface area (Å²) in [6.07, 6.45) is 4.73. The number of nitrogens with zero attached hydrogens (tertiary/aromatic N) is 2. The van der Waals surface area contributed by atoms with Gasteiger partial charge >= 0.3 is 0 Å². The van der Waals surface area contributed by atoms with E-state index in [1.165, 1.54) is 12.4 Å². The van der Waals surface area contributed by atoms with E-state index in [1.807, 2.05) is 30.3 Å². The highest BCUT2D eigenvalue weighted by molar-refractivity contribution is 5.85. The zero-order valence-electron chi connectivity index (χ0n) is 14.7. The predicted octanol–water partition coefficient (Wildman–Crippen LogP) is 3.64. The first kappa shape index (κ1) is 17.1. The third kappa shape index (κ3) is 3.65. The summed E-state index contributed by atoms with van der Waals surface area (Å²) < 4.78 is 15.0. The molecule has 27 heavy (non-hydrogen) atoms. The molecule has 5 nitrogen and oxygen atoms in total. The first-order chi connectivity index (χ1) is 13.2. The Morgan fingerprint density at radius 3 is 2.56 bits per heavy atom. The van der Waals surface area contributed by atoms with Crippen LogP contribution in [0.15, 0.2) is 60.9 Å². The summed E-state index contributed by atoms with van der Waals surface area (Å²) in [6.45, 7) is 0.707. The number of benzene rings is 2. The van der Waals surface area contributed by atoms with Crippen LogP contribution in [0.1, 0.15) is 12.8 Å². The molecule has 0 radical (unpaired) electrons. The van der Waals surface area contributed by atoms with E-state index in [-0.39, 0.29) is 17.8 Å². The number of carbonyl (C=O) groups is 1. The van der Waals surface area contributed by atoms with Crippen LogP contribution in [0.4, 0.5) is 10.2 Å². The van der Waals surface area contributed by atoms with E-state index in [0.717, 1.165) is 18.4 Å². The Hall–Kier alpha value is -3.28. The molecule has 0 bridgehead atoms. The van der Waals surface area contributed by atoms with Crippen LogP contribution in [0.3, 0.4) is 0 Å². The van der Waals surface area contributed by atoms with Gasteiger partial charge in [0.2, 0.25) is 5.91 Å². The van der Waals surface area contributed by atoms with Crippen LogP contribution < -0.4 is 10.6 Å². The second-order valence-electron chi connectivity index (χ2n) is 6.45. The number of piperidine rings is 1. The summed E-state index contributed by atoms with van der Waals surface area (Å²) in [7, 11) is 0. The van der Waals surface area contributed by atoms with E-state index in [0.29, 0.717) is 29.2 Å². The maximum Gasteiger partial charge on any atom is 0.242 e. The van der Waals surface area contributed by atoms with Crippen LogP contribution in [-0.4, -0.2) is 28.5 Å². The van der Waals surface area contributed by atoms with Crippen molar-refractivity contribution in [3.8, 4) is 22.4 Å². The van der Waals surface area contributed by atoms with Gasteiger partial charge in [-0.25, -0.2) is 9.37 Å². The Bertz CT molecular complexity index is 944. The number of hydrogen-bond acceptors (Lipinski definition) is 4. The number of rotatable bonds is 4. The van der Waals surface area contributed by atoms with Crippen molar-refractivity contribution in [1.82, 2.24) is 15.3 Å². The van der Waals surface area contributed by atoms with Crippen LogP contribution in [0.25, 0.3) is 22.4 Å². The number of hydrogen-bond donors (Lipinski definition) is 2. The molecule has 1 aliphatic rings. The lowest BCUT2D eigenvalue weighted by atomic mass is 10.0. The molecule has 1 saturated heterocycles. The Kier molecular flexibility index (Phi) is 4.78. The molecular weight excluding hydrogens is 343 g/mol. The van der Waals surface area contributed by atoms with E-state index < -0.39 is 0 Å². The third-order valence-corrected chi connectivity index (χ3v) is 4.62. The predicted molar refractivity (Wildman–Crippen MR) is 103 cm³/mol. The van der Waals surface area contributed by atoms with Crippen molar-refractivity contribution >= 4 is 11.7 Å². The Labute approximate surface area is 156 Å². The molecule has 1 aliphatic heterocycles. The van der Waals surface area contributed by atoms with Gasteiger partial charge in [-0.3, -0.25) is 9.78 Å². The minimum atomic E-state index is -0.328. The highest BCUT2D eigenvalue weighted by atomic mass is 19.1. The fourth-order valence-electron chi connectivity index (χ4n) is 3.20. The lowest BCUT2D eigenvalue weighted by Crippen LogP contribution is -2.44. The zero-order valence-corrected chi connectivity index (χ0v) is 14.7. The first-order valence-corrected chi connectivity index (χ1v) is 8.93. The summed E-state index contributed by atoms with van der Waals surface area (Å²) >= 11 is 0. The average Bonchev–Trinajstić information content (AvgIpc) is 2.71. The Morgan fingerprint density at radius 2 is 1.81 bits per heavy atom. The molecule has 0 saturated carbocycles. The summed E-state index contributed by atoms with van der Waals surface area (Å²) in [5.74, 6) is 0.138. The van der Waals surface area contributed by atoms with Gasteiger partial charge < -0.3 is 10.6 Å². The van der Waals surface area contributed by atoms with Crippen LogP contribution in [0.2, 0.25) is 0 Å². The maximum absolute atomic E-state index is 15.0. The molecule has 1 aromatic heterocycles. The highest BCUT2D eigenvalue weighted by Gasteiger charge is 2.22. The standard InChI is InChI=1S/C21H19FN4O/c22-20-15(14-6-2-1-3-7-14)8-4-9-16(20)18-12-25-19(13-24-18)26-17-10-5-11-23-21(17)27/h1-4,6-9,12-13,17H,5,10-11H2,(H,23,27)(H,25,26)/t17-/m1/s1.